The van der Waals surface area contributed by atoms with Crippen LogP contribution in [0.4, 0.5) is 24.7 Å². The molecule has 20 heavy (non-hydrogen) atoms. The zero-order valence-electron chi connectivity index (χ0n) is 10.2. The molecule has 0 amide bonds. The zero-order chi connectivity index (χ0) is 14.9. The van der Waals surface area contributed by atoms with Crippen LogP contribution in [0, 0.1) is 10.5 Å². The summed E-state index contributed by atoms with van der Waals surface area (Å²) in [6.45, 7) is 1.39. The van der Waals surface area contributed by atoms with E-state index in [1.807, 2.05) is 0 Å². The second kappa shape index (κ2) is 5.43. The third-order valence-corrected chi connectivity index (χ3v) is 3.60. The van der Waals surface area contributed by atoms with Crippen molar-refractivity contribution in [3.05, 3.63) is 49.6 Å². The van der Waals surface area contributed by atoms with Crippen LogP contribution in [0.1, 0.15) is 11.1 Å². The molecular formula is C12H9F3IN3O. The number of hydrogen-bond acceptors (Lipinski definition) is 3. The lowest BCUT2D eigenvalue weighted by molar-refractivity contribution is -0.138. The average molecular weight is 395 g/mol. The second-order valence-electron chi connectivity index (χ2n) is 4.05. The largest absolute Gasteiger partial charge is 0.416 e. The van der Waals surface area contributed by atoms with Gasteiger partial charge >= 0.3 is 6.18 Å². The van der Waals surface area contributed by atoms with Gasteiger partial charge in [-0.3, -0.25) is 4.79 Å². The van der Waals surface area contributed by atoms with E-state index >= 15 is 0 Å². The quantitative estimate of drug-likeness (QED) is 0.767. The highest BCUT2D eigenvalue weighted by molar-refractivity contribution is 14.1. The number of anilines is 2. The number of benzene rings is 1. The lowest BCUT2D eigenvalue weighted by Gasteiger charge is -2.13. The fraction of sp³-hybridized carbons (Fsp3) is 0.167. The molecule has 2 rings (SSSR count). The van der Waals surface area contributed by atoms with E-state index in [0.29, 0.717) is 0 Å². The van der Waals surface area contributed by atoms with Crippen molar-refractivity contribution in [2.24, 2.45) is 0 Å². The molecule has 0 fully saturated rings. The normalized spacial score (nSPS) is 11.4. The van der Waals surface area contributed by atoms with Crippen molar-refractivity contribution in [2.75, 3.05) is 5.32 Å². The lowest BCUT2D eigenvalue weighted by Crippen LogP contribution is -2.13. The molecular weight excluding hydrogens is 386 g/mol. The SMILES string of the molecule is Cc1ccc(Nc2nc[nH]c(=O)c2I)cc1C(F)(F)F. The molecule has 0 radical (unpaired) electrons. The van der Waals surface area contributed by atoms with Crippen molar-refractivity contribution in [1.82, 2.24) is 9.97 Å². The predicted octanol–water partition coefficient (Wildman–Crippen LogP) is 3.45. The summed E-state index contributed by atoms with van der Waals surface area (Å²) in [4.78, 5) is 17.7. The Labute approximate surface area is 125 Å². The lowest BCUT2D eigenvalue weighted by atomic mass is 10.1. The number of rotatable bonds is 2. The van der Waals surface area contributed by atoms with Gasteiger partial charge in [0.25, 0.3) is 5.56 Å². The first-order valence-corrected chi connectivity index (χ1v) is 6.55. The molecule has 0 atom stereocenters. The van der Waals surface area contributed by atoms with Crippen LogP contribution in [0.15, 0.2) is 29.3 Å². The number of H-pyrrole nitrogens is 1. The van der Waals surface area contributed by atoms with Crippen LogP contribution < -0.4 is 10.9 Å². The molecule has 8 heteroatoms. The van der Waals surface area contributed by atoms with E-state index in [1.54, 1.807) is 22.6 Å². The first kappa shape index (κ1) is 14.8. The summed E-state index contributed by atoms with van der Waals surface area (Å²) in [7, 11) is 0. The van der Waals surface area contributed by atoms with Gasteiger partial charge in [0.2, 0.25) is 0 Å². The molecule has 2 aromatic rings. The topological polar surface area (TPSA) is 57.8 Å². The maximum absolute atomic E-state index is 12.8. The Hall–Kier alpha value is -1.58. The third-order valence-electron chi connectivity index (χ3n) is 2.60. The Morgan fingerprint density at radius 1 is 1.35 bits per heavy atom. The molecule has 0 saturated heterocycles. The number of aromatic amines is 1. The van der Waals surface area contributed by atoms with Gasteiger partial charge in [0.15, 0.2) is 5.82 Å². The molecule has 1 aromatic carbocycles. The fourth-order valence-corrected chi connectivity index (χ4v) is 2.04. The molecule has 0 aliphatic heterocycles. The van der Waals surface area contributed by atoms with Crippen molar-refractivity contribution in [3.63, 3.8) is 0 Å². The van der Waals surface area contributed by atoms with Crippen LogP contribution in [0.5, 0.6) is 0 Å². The molecule has 0 saturated carbocycles. The molecule has 0 bridgehead atoms. The molecule has 2 N–H and O–H groups in total. The van der Waals surface area contributed by atoms with Gasteiger partial charge in [0, 0.05) is 5.69 Å². The monoisotopic (exact) mass is 395 g/mol. The first-order chi connectivity index (χ1) is 9.29. The van der Waals surface area contributed by atoms with Crippen LogP contribution in [0.2, 0.25) is 0 Å². The third kappa shape index (κ3) is 3.11. The van der Waals surface area contributed by atoms with Gasteiger partial charge in [0.1, 0.15) is 3.57 Å². The molecule has 0 aliphatic rings. The summed E-state index contributed by atoms with van der Waals surface area (Å²) < 4.78 is 38.7. The van der Waals surface area contributed by atoms with E-state index in [4.69, 9.17) is 0 Å². The van der Waals surface area contributed by atoms with Crippen molar-refractivity contribution in [1.29, 1.82) is 0 Å². The highest BCUT2D eigenvalue weighted by atomic mass is 127. The Bertz CT molecular complexity index is 697. The molecule has 0 aliphatic carbocycles. The maximum Gasteiger partial charge on any atom is 0.416 e. The fourth-order valence-electron chi connectivity index (χ4n) is 1.61. The van der Waals surface area contributed by atoms with Crippen molar-refractivity contribution in [3.8, 4) is 0 Å². The standard InChI is InChI=1S/C12H9F3IN3O/c1-6-2-3-7(4-8(6)12(13,14)15)19-10-9(16)11(20)18-5-17-10/h2-5H,1H3,(H2,17,18,19,20). The Kier molecular flexibility index (Phi) is 4.02. The minimum absolute atomic E-state index is 0.136. The van der Waals surface area contributed by atoms with Crippen molar-refractivity contribution >= 4 is 34.1 Å². The summed E-state index contributed by atoms with van der Waals surface area (Å²) in [6, 6.07) is 3.86. The van der Waals surface area contributed by atoms with Gasteiger partial charge in [-0.1, -0.05) is 6.07 Å². The van der Waals surface area contributed by atoms with Crippen LogP contribution in [0.3, 0.4) is 0 Å². The summed E-state index contributed by atoms with van der Waals surface area (Å²) in [5.41, 5.74) is -0.718. The highest BCUT2D eigenvalue weighted by Crippen LogP contribution is 2.34. The number of nitrogens with one attached hydrogen (secondary N) is 2. The predicted molar refractivity (Wildman–Crippen MR) is 77.0 cm³/mol. The minimum atomic E-state index is -4.42. The van der Waals surface area contributed by atoms with Crippen molar-refractivity contribution < 1.29 is 13.2 Å². The van der Waals surface area contributed by atoms with Gasteiger partial charge in [0.05, 0.1) is 11.9 Å². The van der Waals surface area contributed by atoms with Gasteiger partial charge < -0.3 is 10.3 Å². The molecule has 4 nitrogen and oxygen atoms in total. The summed E-state index contributed by atoms with van der Waals surface area (Å²) in [6.07, 6.45) is -3.23. The Morgan fingerprint density at radius 3 is 2.70 bits per heavy atom. The first-order valence-electron chi connectivity index (χ1n) is 5.47. The number of nitrogens with zero attached hydrogens (tertiary/aromatic N) is 1. The van der Waals surface area contributed by atoms with Crippen LogP contribution >= 0.6 is 22.6 Å². The summed E-state index contributed by atoms with van der Waals surface area (Å²) >= 11 is 1.77. The second-order valence-corrected chi connectivity index (χ2v) is 5.13. The molecule has 106 valence electrons. The van der Waals surface area contributed by atoms with E-state index < -0.39 is 11.7 Å². The van der Waals surface area contributed by atoms with E-state index in [2.05, 4.69) is 15.3 Å². The van der Waals surface area contributed by atoms with Crippen LogP contribution in [-0.2, 0) is 6.18 Å². The smallest absolute Gasteiger partial charge is 0.339 e. The molecule has 0 spiro atoms. The number of hydrogen-bond donors (Lipinski definition) is 2. The van der Waals surface area contributed by atoms with Crippen LogP contribution in [0.25, 0.3) is 0 Å². The molecule has 1 aromatic heterocycles. The van der Waals surface area contributed by atoms with Gasteiger partial charge in [-0.2, -0.15) is 13.2 Å². The average Bonchev–Trinajstić information content (AvgIpc) is 2.36. The highest BCUT2D eigenvalue weighted by Gasteiger charge is 2.32. The van der Waals surface area contributed by atoms with Gasteiger partial charge in [-0.25, -0.2) is 4.98 Å². The minimum Gasteiger partial charge on any atom is -0.339 e. The Morgan fingerprint density at radius 2 is 2.05 bits per heavy atom. The van der Waals surface area contributed by atoms with Crippen molar-refractivity contribution in [2.45, 2.75) is 13.1 Å². The van der Waals surface area contributed by atoms with Crippen LogP contribution in [-0.4, -0.2) is 9.97 Å². The maximum atomic E-state index is 12.8. The number of alkyl halides is 3. The number of aromatic nitrogens is 2. The number of aryl methyl sites for hydroxylation is 1. The summed E-state index contributed by atoms with van der Waals surface area (Å²) in [5, 5.41) is 2.71. The van der Waals surface area contributed by atoms with E-state index in [0.717, 1.165) is 6.07 Å². The molecule has 0 unspecified atom stereocenters. The van der Waals surface area contributed by atoms with E-state index in [9.17, 15) is 18.0 Å². The van der Waals surface area contributed by atoms with E-state index in [-0.39, 0.29) is 26.2 Å². The Balaban J connectivity index is 2.40. The van der Waals surface area contributed by atoms with E-state index in [1.165, 1.54) is 25.4 Å². The summed E-state index contributed by atoms with van der Waals surface area (Å²) in [5.74, 6) is 0.214. The molecule has 1 heterocycles. The van der Waals surface area contributed by atoms with Gasteiger partial charge in [-0.05, 0) is 47.2 Å². The zero-order valence-corrected chi connectivity index (χ0v) is 12.3. The number of halogens is 4. The van der Waals surface area contributed by atoms with Gasteiger partial charge in [-0.15, -0.1) is 0 Å².